The van der Waals surface area contributed by atoms with Crippen LogP contribution in [-0.4, -0.2) is 48.3 Å². The predicted octanol–water partition coefficient (Wildman–Crippen LogP) is 3.55. The Labute approximate surface area is 190 Å². The molecule has 0 aliphatic heterocycles. The lowest BCUT2D eigenvalue weighted by molar-refractivity contribution is -0.252. The second-order valence-electron chi connectivity index (χ2n) is 7.15. The van der Waals surface area contributed by atoms with Crippen LogP contribution in [0.5, 0.6) is 11.5 Å². The largest absolute Gasteiger partial charge is 0.491 e. The van der Waals surface area contributed by atoms with Crippen LogP contribution in [0.25, 0.3) is 0 Å². The molecule has 7 nitrogen and oxygen atoms in total. The zero-order valence-electron chi connectivity index (χ0n) is 18.2. The maximum Gasteiger partial charge on any atom is 0.243 e. The minimum Gasteiger partial charge on any atom is -0.491 e. The number of halogens is 1. The first-order chi connectivity index (χ1) is 14.6. The molecule has 31 heavy (non-hydrogen) atoms. The van der Waals surface area contributed by atoms with E-state index in [0.717, 1.165) is 43.7 Å². The van der Waals surface area contributed by atoms with Gasteiger partial charge in [0.15, 0.2) is 5.75 Å². The Kier molecular flexibility index (Phi) is 13.3. The summed E-state index contributed by atoms with van der Waals surface area (Å²) in [7, 11) is 0. The van der Waals surface area contributed by atoms with E-state index in [1.807, 2.05) is 42.5 Å². The first kappa shape index (κ1) is 26.7. The molecule has 1 amide bonds. The molecule has 0 aliphatic carbocycles. The van der Waals surface area contributed by atoms with Gasteiger partial charge in [0.05, 0.1) is 0 Å². The number of benzene rings is 2. The summed E-state index contributed by atoms with van der Waals surface area (Å²) in [5, 5.41) is 10.4. The molecule has 0 fully saturated rings. The number of unbranched alkanes of at least 4 members (excludes halogenated alkanes) is 1. The highest BCUT2D eigenvalue weighted by Gasteiger charge is 2.13. The molecule has 1 unspecified atom stereocenters. The molecular weight excluding hydrogens is 420 g/mol. The molecule has 8 heteroatoms. The van der Waals surface area contributed by atoms with Crippen LogP contribution in [0.15, 0.2) is 54.6 Å². The molecule has 0 aliphatic rings. The number of carbonyl (C=O) groups is 1. The maximum atomic E-state index is 10.8. The van der Waals surface area contributed by atoms with Crippen LogP contribution in [0, 0.1) is 0 Å². The van der Waals surface area contributed by atoms with E-state index in [1.165, 1.54) is 6.92 Å². The lowest BCUT2D eigenvalue weighted by atomic mass is 10.1. The number of aliphatic hydroxyl groups is 1. The minimum atomic E-state index is -0.552. The Bertz CT molecular complexity index is 731. The zero-order chi connectivity index (χ0) is 21.6. The fourth-order valence-corrected chi connectivity index (χ4v) is 2.86. The van der Waals surface area contributed by atoms with Crippen molar-refractivity contribution in [3.05, 3.63) is 60.2 Å². The standard InChI is InChI=1S/C23H32N2O5.ClH/c1-3-4-15-25(17-21(27)18-28-22-8-6-5-7-9-22)16-14-20-10-12-23(13-11-20)29-30-24-19(2)26;/h5-13,21,27H,3-4,14-18H2,1-2H3,(H,24,26);1H. The third-order valence-electron chi connectivity index (χ3n) is 4.45. The first-order valence-electron chi connectivity index (χ1n) is 10.3. The Morgan fingerprint density at radius 3 is 2.42 bits per heavy atom. The fraction of sp³-hybridized carbons (Fsp3) is 0.435. The number of hydrogen-bond donors (Lipinski definition) is 2. The molecule has 0 aromatic heterocycles. The van der Waals surface area contributed by atoms with E-state index in [4.69, 9.17) is 9.62 Å². The van der Waals surface area contributed by atoms with Gasteiger partial charge in [0.25, 0.3) is 0 Å². The quantitative estimate of drug-likeness (QED) is 0.337. The zero-order valence-corrected chi connectivity index (χ0v) is 19.0. The van der Waals surface area contributed by atoms with Crippen LogP contribution >= 0.6 is 12.4 Å². The van der Waals surface area contributed by atoms with Crippen molar-refractivity contribution in [2.24, 2.45) is 0 Å². The molecular formula is C23H33ClN2O5. The van der Waals surface area contributed by atoms with Crippen molar-refractivity contribution in [2.75, 3.05) is 26.2 Å². The number of carbonyl (C=O) groups excluding carboxylic acids is 1. The predicted molar refractivity (Wildman–Crippen MR) is 122 cm³/mol. The molecule has 0 bridgehead atoms. The summed E-state index contributed by atoms with van der Waals surface area (Å²) in [6, 6.07) is 17.0. The van der Waals surface area contributed by atoms with Gasteiger partial charge in [-0.3, -0.25) is 4.79 Å². The lowest BCUT2D eigenvalue weighted by Gasteiger charge is -2.25. The molecule has 0 saturated carbocycles. The average Bonchev–Trinajstić information content (AvgIpc) is 2.75. The van der Waals surface area contributed by atoms with Gasteiger partial charge in [-0.25, -0.2) is 0 Å². The van der Waals surface area contributed by atoms with E-state index in [2.05, 4.69) is 22.3 Å². The van der Waals surface area contributed by atoms with E-state index in [-0.39, 0.29) is 24.9 Å². The number of nitrogens with one attached hydrogen (secondary N) is 1. The summed E-state index contributed by atoms with van der Waals surface area (Å²) in [5.74, 6) is 0.931. The smallest absolute Gasteiger partial charge is 0.243 e. The van der Waals surface area contributed by atoms with Gasteiger partial charge in [0.1, 0.15) is 18.5 Å². The average molecular weight is 453 g/mol. The van der Waals surface area contributed by atoms with Crippen molar-refractivity contribution >= 4 is 18.3 Å². The van der Waals surface area contributed by atoms with Crippen LogP contribution < -0.4 is 15.1 Å². The van der Waals surface area contributed by atoms with E-state index in [1.54, 1.807) is 12.1 Å². The SMILES string of the molecule is CCCCN(CCc1ccc(OONC(C)=O)cc1)CC(O)COc1ccccc1.Cl. The molecule has 2 aromatic rings. The summed E-state index contributed by atoms with van der Waals surface area (Å²) in [4.78, 5) is 22.6. The normalized spacial score (nSPS) is 11.5. The van der Waals surface area contributed by atoms with Crippen molar-refractivity contribution in [1.82, 2.24) is 10.4 Å². The van der Waals surface area contributed by atoms with Gasteiger partial charge in [-0.05, 0) is 49.2 Å². The summed E-state index contributed by atoms with van der Waals surface area (Å²) in [6.45, 7) is 6.11. The van der Waals surface area contributed by atoms with Crippen LogP contribution in [-0.2, 0) is 16.2 Å². The van der Waals surface area contributed by atoms with Crippen molar-refractivity contribution in [2.45, 2.75) is 39.2 Å². The minimum absolute atomic E-state index is 0. The Balaban J connectivity index is 0.00000480. The Morgan fingerprint density at radius 2 is 1.77 bits per heavy atom. The van der Waals surface area contributed by atoms with Gasteiger partial charge in [-0.15, -0.1) is 12.4 Å². The highest BCUT2D eigenvalue weighted by atomic mass is 35.5. The molecule has 0 saturated heterocycles. The van der Waals surface area contributed by atoms with Gasteiger partial charge in [0.2, 0.25) is 5.91 Å². The summed E-state index contributed by atoms with van der Waals surface area (Å²) >= 11 is 0. The molecule has 172 valence electrons. The Hall–Kier alpha value is -2.32. The number of nitrogens with zero attached hydrogens (tertiary/aromatic N) is 1. The van der Waals surface area contributed by atoms with Crippen LogP contribution in [0.1, 0.15) is 32.3 Å². The van der Waals surface area contributed by atoms with Crippen LogP contribution in [0.4, 0.5) is 0 Å². The van der Waals surface area contributed by atoms with Crippen LogP contribution in [0.2, 0.25) is 0 Å². The van der Waals surface area contributed by atoms with Crippen molar-refractivity contribution < 1.29 is 24.5 Å². The van der Waals surface area contributed by atoms with Gasteiger partial charge >= 0.3 is 0 Å². The van der Waals surface area contributed by atoms with E-state index in [0.29, 0.717) is 12.3 Å². The number of ether oxygens (including phenoxy) is 1. The molecule has 0 heterocycles. The van der Waals surface area contributed by atoms with Gasteiger partial charge in [-0.2, -0.15) is 5.48 Å². The van der Waals surface area contributed by atoms with E-state index in [9.17, 15) is 9.90 Å². The second-order valence-corrected chi connectivity index (χ2v) is 7.15. The monoisotopic (exact) mass is 452 g/mol. The maximum absolute atomic E-state index is 10.8. The van der Waals surface area contributed by atoms with Crippen molar-refractivity contribution in [3.8, 4) is 11.5 Å². The first-order valence-corrected chi connectivity index (χ1v) is 10.3. The number of para-hydroxylation sites is 1. The number of aliphatic hydroxyl groups excluding tert-OH is 1. The summed E-state index contributed by atoms with van der Waals surface area (Å²) in [6.07, 6.45) is 2.49. The highest BCUT2D eigenvalue weighted by molar-refractivity contribution is 5.85. The third kappa shape index (κ3) is 11.6. The number of hydroxylamine groups is 1. The van der Waals surface area contributed by atoms with E-state index >= 15 is 0 Å². The highest BCUT2D eigenvalue weighted by Crippen LogP contribution is 2.13. The molecule has 1 atom stereocenters. The van der Waals surface area contributed by atoms with Crippen molar-refractivity contribution in [3.63, 3.8) is 0 Å². The molecule has 2 N–H and O–H groups in total. The van der Waals surface area contributed by atoms with E-state index < -0.39 is 6.10 Å². The fourth-order valence-electron chi connectivity index (χ4n) is 2.86. The Morgan fingerprint density at radius 1 is 1.06 bits per heavy atom. The van der Waals surface area contributed by atoms with Gasteiger partial charge in [0, 0.05) is 20.0 Å². The number of amides is 1. The molecule has 0 radical (unpaired) electrons. The third-order valence-corrected chi connectivity index (χ3v) is 4.45. The number of rotatable bonds is 14. The molecule has 2 rings (SSSR count). The van der Waals surface area contributed by atoms with Crippen molar-refractivity contribution in [1.29, 1.82) is 0 Å². The van der Waals surface area contributed by atoms with Crippen LogP contribution in [0.3, 0.4) is 0 Å². The van der Waals surface area contributed by atoms with Gasteiger partial charge < -0.3 is 19.6 Å². The topological polar surface area (TPSA) is 80.3 Å². The molecule has 0 spiro atoms. The lowest BCUT2D eigenvalue weighted by Crippen LogP contribution is -2.37. The molecule has 2 aromatic carbocycles. The second kappa shape index (κ2) is 15.5. The summed E-state index contributed by atoms with van der Waals surface area (Å²) < 4.78 is 5.67. The summed E-state index contributed by atoms with van der Waals surface area (Å²) in [5.41, 5.74) is 3.26. The van der Waals surface area contributed by atoms with Gasteiger partial charge in [-0.1, -0.05) is 48.7 Å². The number of hydrogen-bond acceptors (Lipinski definition) is 6.